The maximum atomic E-state index is 10.4. The van der Waals surface area contributed by atoms with Crippen molar-refractivity contribution in [3.63, 3.8) is 0 Å². The summed E-state index contributed by atoms with van der Waals surface area (Å²) >= 11 is 0. The molecule has 0 aliphatic heterocycles. The summed E-state index contributed by atoms with van der Waals surface area (Å²) in [4.78, 5) is 0. The van der Waals surface area contributed by atoms with Gasteiger partial charge >= 0.3 is 0 Å². The number of fused-ring (bicyclic) bond motifs is 5. The summed E-state index contributed by atoms with van der Waals surface area (Å²) in [6.45, 7) is 4.79. The lowest BCUT2D eigenvalue weighted by molar-refractivity contribution is -0.0872. The molecule has 2 saturated carbocycles. The van der Waals surface area contributed by atoms with E-state index in [1.165, 1.54) is 19.3 Å². The minimum absolute atomic E-state index is 0.0964. The van der Waals surface area contributed by atoms with Crippen LogP contribution in [-0.4, -0.2) is 17.3 Å². The van der Waals surface area contributed by atoms with Gasteiger partial charge in [0, 0.05) is 11.5 Å². The summed E-state index contributed by atoms with van der Waals surface area (Å²) in [5.41, 5.74) is 6.59. The minimum atomic E-state index is -0.232. The number of nitrogens with two attached hydrogens (primary N) is 1. The molecule has 0 bridgehead atoms. The summed E-state index contributed by atoms with van der Waals surface area (Å²) < 4.78 is 0. The fourth-order valence-electron chi connectivity index (χ4n) is 6.27. The number of aliphatic hydroxyl groups excluding tert-OH is 1. The largest absolute Gasteiger partial charge is 0.388 e. The monoisotopic (exact) mass is 287 g/mol. The Morgan fingerprint density at radius 2 is 1.90 bits per heavy atom. The van der Waals surface area contributed by atoms with Crippen LogP contribution in [0.2, 0.25) is 0 Å². The van der Waals surface area contributed by atoms with Gasteiger partial charge in [-0.1, -0.05) is 38.2 Å². The molecule has 4 aliphatic rings. The minimum Gasteiger partial charge on any atom is -0.388 e. The lowest BCUT2D eigenvalue weighted by Crippen LogP contribution is -2.53. The summed E-state index contributed by atoms with van der Waals surface area (Å²) in [7, 11) is 0. The Labute approximate surface area is 128 Å². The Morgan fingerprint density at radius 3 is 2.71 bits per heavy atom. The highest BCUT2D eigenvalue weighted by Gasteiger charge is 2.57. The van der Waals surface area contributed by atoms with Crippen molar-refractivity contribution in [1.82, 2.24) is 0 Å². The van der Waals surface area contributed by atoms with E-state index in [1.807, 2.05) is 0 Å². The molecule has 4 aliphatic carbocycles. The number of allylic oxidation sites excluding steroid dienone is 2. The van der Waals surface area contributed by atoms with Crippen LogP contribution >= 0.6 is 0 Å². The third-order valence-corrected chi connectivity index (χ3v) is 7.70. The van der Waals surface area contributed by atoms with Crippen LogP contribution in [0, 0.1) is 34.5 Å². The maximum Gasteiger partial charge on any atom is 0.0780 e. The Morgan fingerprint density at radius 1 is 1.10 bits per heavy atom. The Balaban J connectivity index is 1.68. The van der Waals surface area contributed by atoms with Crippen molar-refractivity contribution < 1.29 is 5.11 Å². The van der Waals surface area contributed by atoms with Crippen molar-refractivity contribution in [2.45, 2.75) is 58.1 Å². The Kier molecular flexibility index (Phi) is 2.97. The second-order valence-corrected chi connectivity index (χ2v) is 8.57. The van der Waals surface area contributed by atoms with Gasteiger partial charge in [-0.25, -0.2) is 0 Å². The highest BCUT2D eigenvalue weighted by molar-refractivity contribution is 5.22. The van der Waals surface area contributed by atoms with Crippen molar-refractivity contribution in [1.29, 1.82) is 0 Å². The maximum absolute atomic E-state index is 10.4. The van der Waals surface area contributed by atoms with Crippen molar-refractivity contribution in [2.24, 2.45) is 40.2 Å². The van der Waals surface area contributed by atoms with Crippen LogP contribution in [0.5, 0.6) is 0 Å². The Hall–Kier alpha value is -0.600. The second-order valence-electron chi connectivity index (χ2n) is 8.57. The zero-order chi connectivity index (χ0) is 14.8. The molecule has 0 amide bonds. The van der Waals surface area contributed by atoms with E-state index in [4.69, 9.17) is 5.73 Å². The molecular formula is C19H29NO. The average Bonchev–Trinajstić information content (AvgIpc) is 2.76. The molecule has 2 fully saturated rings. The van der Waals surface area contributed by atoms with E-state index in [0.717, 1.165) is 30.6 Å². The van der Waals surface area contributed by atoms with E-state index < -0.39 is 0 Å². The predicted molar refractivity (Wildman–Crippen MR) is 85.5 cm³/mol. The molecule has 0 aromatic rings. The SMILES string of the molecule is C[C@]12C=C[C@H](N)C[C@H]1CC[C@@H]1[C@@H]2CC[C@]2(C)C(O)C=C[C@@H]12. The van der Waals surface area contributed by atoms with E-state index in [0.29, 0.717) is 11.3 Å². The zero-order valence-electron chi connectivity index (χ0n) is 13.3. The molecule has 2 nitrogen and oxygen atoms in total. The number of hydrogen-bond donors (Lipinski definition) is 2. The van der Waals surface area contributed by atoms with Crippen molar-refractivity contribution in [2.75, 3.05) is 0 Å². The van der Waals surface area contributed by atoms with E-state index in [-0.39, 0.29) is 17.6 Å². The molecule has 21 heavy (non-hydrogen) atoms. The molecule has 3 N–H and O–H groups in total. The van der Waals surface area contributed by atoms with E-state index in [2.05, 4.69) is 38.2 Å². The van der Waals surface area contributed by atoms with E-state index in [9.17, 15) is 5.11 Å². The first kappa shape index (κ1) is 14.0. The van der Waals surface area contributed by atoms with Gasteiger partial charge in [0.05, 0.1) is 6.10 Å². The lowest BCUT2D eigenvalue weighted by Gasteiger charge is -2.59. The van der Waals surface area contributed by atoms with Crippen molar-refractivity contribution in [3.8, 4) is 0 Å². The van der Waals surface area contributed by atoms with Crippen LogP contribution in [0.4, 0.5) is 0 Å². The molecule has 0 aromatic carbocycles. The van der Waals surface area contributed by atoms with Gasteiger partial charge in [0.15, 0.2) is 0 Å². The van der Waals surface area contributed by atoms with Gasteiger partial charge in [0.2, 0.25) is 0 Å². The van der Waals surface area contributed by atoms with Gasteiger partial charge < -0.3 is 10.8 Å². The topological polar surface area (TPSA) is 46.2 Å². The summed E-state index contributed by atoms with van der Waals surface area (Å²) in [5.74, 6) is 2.86. The highest BCUT2D eigenvalue weighted by Crippen LogP contribution is 2.63. The van der Waals surface area contributed by atoms with Crippen LogP contribution in [0.1, 0.15) is 46.0 Å². The van der Waals surface area contributed by atoms with Crippen LogP contribution in [0.25, 0.3) is 0 Å². The molecule has 0 saturated heterocycles. The van der Waals surface area contributed by atoms with Crippen molar-refractivity contribution >= 4 is 0 Å². The summed E-state index contributed by atoms with van der Waals surface area (Å²) in [5, 5.41) is 10.4. The fraction of sp³-hybridized carbons (Fsp3) is 0.789. The lowest BCUT2D eigenvalue weighted by atomic mass is 9.46. The van der Waals surface area contributed by atoms with Gasteiger partial charge in [0.1, 0.15) is 0 Å². The molecule has 8 atom stereocenters. The Bertz CT molecular complexity index is 498. The van der Waals surface area contributed by atoms with Crippen molar-refractivity contribution in [3.05, 3.63) is 24.3 Å². The normalized spacial score (nSPS) is 58.5. The predicted octanol–water partition coefficient (Wildman–Crippen LogP) is 3.27. The zero-order valence-corrected chi connectivity index (χ0v) is 13.3. The molecule has 0 heterocycles. The number of hydrogen-bond acceptors (Lipinski definition) is 2. The van der Waals surface area contributed by atoms with E-state index >= 15 is 0 Å². The first-order chi connectivity index (χ1) is 9.95. The van der Waals surface area contributed by atoms with Gasteiger partial charge in [0.25, 0.3) is 0 Å². The summed E-state index contributed by atoms with van der Waals surface area (Å²) in [6.07, 6.45) is 15.1. The first-order valence-electron chi connectivity index (χ1n) is 8.76. The number of rotatable bonds is 0. The molecule has 2 heteroatoms. The molecule has 116 valence electrons. The molecule has 1 unspecified atom stereocenters. The van der Waals surface area contributed by atoms with Gasteiger partial charge in [-0.2, -0.15) is 0 Å². The smallest absolute Gasteiger partial charge is 0.0780 e. The fourth-order valence-corrected chi connectivity index (χ4v) is 6.27. The van der Waals surface area contributed by atoms with Gasteiger partial charge in [-0.3, -0.25) is 0 Å². The number of aliphatic hydroxyl groups is 1. The molecule has 0 aromatic heterocycles. The first-order valence-corrected chi connectivity index (χ1v) is 8.76. The van der Waals surface area contributed by atoms with Gasteiger partial charge in [-0.05, 0) is 61.2 Å². The van der Waals surface area contributed by atoms with Crippen LogP contribution < -0.4 is 5.73 Å². The molecule has 0 spiro atoms. The quantitative estimate of drug-likeness (QED) is 0.672. The van der Waals surface area contributed by atoms with E-state index in [1.54, 1.807) is 0 Å². The third kappa shape index (κ3) is 1.78. The third-order valence-electron chi connectivity index (χ3n) is 7.70. The molecule has 0 radical (unpaired) electrons. The van der Waals surface area contributed by atoms with Crippen LogP contribution in [-0.2, 0) is 0 Å². The standard InChI is InChI=1S/C19H29NO/c1-18-9-7-13(20)11-12(18)3-4-14-15-5-6-17(21)19(15,2)10-8-16(14)18/h5-7,9,12-17,21H,3-4,8,10-11,20H2,1-2H3/t12-,13+,14+,15+,16+,17?,18+,19+/m1/s1. The average molecular weight is 287 g/mol. The van der Waals surface area contributed by atoms with Gasteiger partial charge in [-0.15, -0.1) is 0 Å². The summed E-state index contributed by atoms with van der Waals surface area (Å²) in [6, 6.07) is 0.265. The van der Waals surface area contributed by atoms with Crippen LogP contribution in [0.15, 0.2) is 24.3 Å². The highest BCUT2D eigenvalue weighted by atomic mass is 16.3. The van der Waals surface area contributed by atoms with Crippen LogP contribution in [0.3, 0.4) is 0 Å². The molecular weight excluding hydrogens is 258 g/mol. The second kappa shape index (κ2) is 4.45. The molecule has 4 rings (SSSR count).